The van der Waals surface area contributed by atoms with E-state index in [2.05, 4.69) is 17.8 Å². The summed E-state index contributed by atoms with van der Waals surface area (Å²) in [6.07, 6.45) is 1.14. The van der Waals surface area contributed by atoms with Gasteiger partial charge < -0.3 is 9.47 Å². The van der Waals surface area contributed by atoms with Gasteiger partial charge in [-0.1, -0.05) is 31.5 Å². The first-order valence-electron chi connectivity index (χ1n) is 9.48. The van der Waals surface area contributed by atoms with E-state index in [-0.39, 0.29) is 0 Å². The topological polar surface area (TPSA) is 76.7 Å². The average Bonchev–Trinajstić information content (AvgIpc) is 2.69. The van der Waals surface area contributed by atoms with Crippen LogP contribution in [0.5, 0.6) is 11.5 Å². The zero-order valence-electron chi connectivity index (χ0n) is 16.9. The van der Waals surface area contributed by atoms with Gasteiger partial charge in [0, 0.05) is 0 Å². The van der Waals surface area contributed by atoms with E-state index in [1.165, 1.54) is 0 Å². The average molecular weight is 384 g/mol. The lowest BCUT2D eigenvalue weighted by atomic mass is 10.1. The highest BCUT2D eigenvalue weighted by Gasteiger charge is 2.17. The molecule has 1 atom stereocenters. The minimum atomic E-state index is -0.765. The summed E-state index contributed by atoms with van der Waals surface area (Å²) in [5.41, 5.74) is 7.41. The van der Waals surface area contributed by atoms with Gasteiger partial charge in [0.15, 0.2) is 6.10 Å². The van der Waals surface area contributed by atoms with Crippen molar-refractivity contribution in [2.75, 3.05) is 6.61 Å². The first-order valence-corrected chi connectivity index (χ1v) is 9.48. The Labute approximate surface area is 166 Å². The molecule has 0 spiro atoms. The fourth-order valence-electron chi connectivity index (χ4n) is 2.44. The Bertz CT molecular complexity index is 820. The molecule has 28 heavy (non-hydrogen) atoms. The summed E-state index contributed by atoms with van der Waals surface area (Å²) in [7, 11) is 0. The van der Waals surface area contributed by atoms with Gasteiger partial charge in [-0.15, -0.1) is 0 Å². The van der Waals surface area contributed by atoms with Crippen LogP contribution < -0.4 is 20.3 Å². The zero-order valence-corrected chi connectivity index (χ0v) is 16.9. The predicted molar refractivity (Wildman–Crippen MR) is 108 cm³/mol. The summed E-state index contributed by atoms with van der Waals surface area (Å²) in [5, 5.41) is 0. The highest BCUT2D eigenvalue weighted by Crippen LogP contribution is 2.19. The second-order valence-electron chi connectivity index (χ2n) is 6.65. The zero-order chi connectivity index (χ0) is 20.5. The molecule has 2 aromatic carbocycles. The monoisotopic (exact) mass is 384 g/mol. The molecule has 0 radical (unpaired) electrons. The van der Waals surface area contributed by atoms with Crippen LogP contribution in [0.2, 0.25) is 0 Å². The molecule has 0 heterocycles. The molecule has 6 nitrogen and oxygen atoms in total. The number of hydrogen-bond donors (Lipinski definition) is 2. The highest BCUT2D eigenvalue weighted by atomic mass is 16.5. The molecule has 0 aliphatic carbocycles. The Kier molecular flexibility index (Phi) is 7.87. The number of ether oxygens (including phenoxy) is 2. The number of hydrazine groups is 1. The Morgan fingerprint density at radius 3 is 2.50 bits per heavy atom. The molecule has 6 heteroatoms. The lowest BCUT2D eigenvalue weighted by molar-refractivity contribution is -0.128. The largest absolute Gasteiger partial charge is 0.493 e. The second kappa shape index (κ2) is 10.3. The smallest absolute Gasteiger partial charge is 0.279 e. The molecule has 2 aromatic rings. The van der Waals surface area contributed by atoms with E-state index >= 15 is 0 Å². The molecule has 2 amide bonds. The number of rotatable bonds is 8. The third-order valence-corrected chi connectivity index (χ3v) is 4.35. The van der Waals surface area contributed by atoms with Gasteiger partial charge in [0.1, 0.15) is 11.5 Å². The first kappa shape index (κ1) is 21.3. The van der Waals surface area contributed by atoms with E-state index in [1.54, 1.807) is 31.2 Å². The summed E-state index contributed by atoms with van der Waals surface area (Å²) < 4.78 is 11.3. The van der Waals surface area contributed by atoms with Crippen LogP contribution in [0.15, 0.2) is 42.5 Å². The van der Waals surface area contributed by atoms with Gasteiger partial charge in [-0.25, -0.2) is 0 Å². The Morgan fingerprint density at radius 1 is 1.04 bits per heavy atom. The molecule has 1 unspecified atom stereocenters. The quantitative estimate of drug-likeness (QED) is 0.537. The lowest BCUT2D eigenvalue weighted by Gasteiger charge is -2.16. The molecule has 0 saturated heterocycles. The summed E-state index contributed by atoms with van der Waals surface area (Å²) in [6.45, 7) is 8.22. The standard InChI is InChI=1S/C22H28N2O4/c1-5-6-13-27-20-10-8-7-9-19(20)22(26)24-23-21(25)17(4)28-18-12-11-15(2)16(3)14-18/h7-12,14,17H,5-6,13H2,1-4H3,(H,23,25)(H,24,26). The van der Waals surface area contributed by atoms with Crippen LogP contribution >= 0.6 is 0 Å². The normalized spacial score (nSPS) is 11.4. The van der Waals surface area contributed by atoms with Gasteiger partial charge in [-0.2, -0.15) is 0 Å². The number of amides is 2. The van der Waals surface area contributed by atoms with Crippen molar-refractivity contribution in [2.24, 2.45) is 0 Å². The number of hydrogen-bond acceptors (Lipinski definition) is 4. The van der Waals surface area contributed by atoms with Crippen LogP contribution in [-0.2, 0) is 4.79 Å². The third kappa shape index (κ3) is 6.01. The first-order chi connectivity index (χ1) is 13.4. The van der Waals surface area contributed by atoms with E-state index in [0.717, 1.165) is 24.0 Å². The van der Waals surface area contributed by atoms with Gasteiger partial charge in [-0.05, 0) is 62.6 Å². The molecule has 2 rings (SSSR count). The number of carbonyl (C=O) groups is 2. The number of carbonyl (C=O) groups excluding carboxylic acids is 2. The van der Waals surface area contributed by atoms with E-state index in [0.29, 0.717) is 23.7 Å². The van der Waals surface area contributed by atoms with Crippen molar-refractivity contribution in [1.82, 2.24) is 10.9 Å². The number of para-hydroxylation sites is 1. The maximum atomic E-state index is 12.4. The van der Waals surface area contributed by atoms with Crippen LogP contribution in [0, 0.1) is 13.8 Å². The van der Waals surface area contributed by atoms with Gasteiger partial charge >= 0.3 is 0 Å². The SMILES string of the molecule is CCCCOc1ccccc1C(=O)NNC(=O)C(C)Oc1ccc(C)c(C)c1. The molecule has 0 aliphatic heterocycles. The van der Waals surface area contributed by atoms with Crippen molar-refractivity contribution >= 4 is 11.8 Å². The molecular formula is C22H28N2O4. The molecule has 2 N–H and O–H groups in total. The number of nitrogens with one attached hydrogen (secondary N) is 2. The lowest BCUT2D eigenvalue weighted by Crippen LogP contribution is -2.47. The van der Waals surface area contributed by atoms with Crippen LogP contribution in [0.1, 0.15) is 48.2 Å². The highest BCUT2D eigenvalue weighted by molar-refractivity contribution is 5.98. The molecule has 0 aliphatic rings. The minimum absolute atomic E-state index is 0.363. The van der Waals surface area contributed by atoms with Crippen LogP contribution in [0.25, 0.3) is 0 Å². The second-order valence-corrected chi connectivity index (χ2v) is 6.65. The summed E-state index contributed by atoms with van der Waals surface area (Å²) in [4.78, 5) is 24.7. The summed E-state index contributed by atoms with van der Waals surface area (Å²) in [6, 6.07) is 12.6. The summed E-state index contributed by atoms with van der Waals surface area (Å²) >= 11 is 0. The van der Waals surface area contributed by atoms with Crippen LogP contribution in [0.3, 0.4) is 0 Å². The van der Waals surface area contributed by atoms with Crippen molar-refractivity contribution in [3.63, 3.8) is 0 Å². The van der Waals surface area contributed by atoms with Crippen molar-refractivity contribution < 1.29 is 19.1 Å². The molecule has 150 valence electrons. The molecule has 0 saturated carbocycles. The Morgan fingerprint density at radius 2 is 1.79 bits per heavy atom. The number of aryl methyl sites for hydroxylation is 2. The molecule has 0 aromatic heterocycles. The van der Waals surface area contributed by atoms with E-state index < -0.39 is 17.9 Å². The van der Waals surface area contributed by atoms with E-state index in [9.17, 15) is 9.59 Å². The van der Waals surface area contributed by atoms with Crippen LogP contribution in [-0.4, -0.2) is 24.5 Å². The minimum Gasteiger partial charge on any atom is -0.493 e. The fraction of sp³-hybridized carbons (Fsp3) is 0.364. The third-order valence-electron chi connectivity index (χ3n) is 4.35. The van der Waals surface area contributed by atoms with Crippen molar-refractivity contribution in [3.05, 3.63) is 59.2 Å². The predicted octanol–water partition coefficient (Wildman–Crippen LogP) is 3.71. The van der Waals surface area contributed by atoms with Gasteiger partial charge in [-0.3, -0.25) is 20.4 Å². The van der Waals surface area contributed by atoms with Crippen LogP contribution in [0.4, 0.5) is 0 Å². The van der Waals surface area contributed by atoms with E-state index in [1.807, 2.05) is 32.0 Å². The Balaban J connectivity index is 1.91. The van der Waals surface area contributed by atoms with Crippen molar-refractivity contribution in [1.29, 1.82) is 0 Å². The molecular weight excluding hydrogens is 356 g/mol. The molecule has 0 bridgehead atoms. The van der Waals surface area contributed by atoms with Crippen molar-refractivity contribution in [3.8, 4) is 11.5 Å². The van der Waals surface area contributed by atoms with E-state index in [4.69, 9.17) is 9.47 Å². The molecule has 0 fully saturated rings. The van der Waals surface area contributed by atoms with Gasteiger partial charge in [0.2, 0.25) is 0 Å². The number of unbranched alkanes of at least 4 members (excludes halogenated alkanes) is 1. The Hall–Kier alpha value is -3.02. The van der Waals surface area contributed by atoms with Gasteiger partial charge in [0.05, 0.1) is 12.2 Å². The van der Waals surface area contributed by atoms with Gasteiger partial charge in [0.25, 0.3) is 11.8 Å². The van der Waals surface area contributed by atoms with Crippen molar-refractivity contribution in [2.45, 2.75) is 46.6 Å². The fourth-order valence-corrected chi connectivity index (χ4v) is 2.44. The number of benzene rings is 2. The maximum Gasteiger partial charge on any atom is 0.279 e. The summed E-state index contributed by atoms with van der Waals surface area (Å²) in [5.74, 6) is 0.198. The maximum absolute atomic E-state index is 12.4.